The van der Waals surface area contributed by atoms with Crippen LogP contribution in [0.3, 0.4) is 0 Å². The number of benzene rings is 1. The van der Waals surface area contributed by atoms with Gasteiger partial charge in [-0.3, -0.25) is 10.1 Å². The van der Waals surface area contributed by atoms with Crippen molar-refractivity contribution in [2.24, 2.45) is 0 Å². The van der Waals surface area contributed by atoms with Gasteiger partial charge in [0.25, 0.3) is 0 Å². The first kappa shape index (κ1) is 19.1. The predicted octanol–water partition coefficient (Wildman–Crippen LogP) is 0.558. The molecule has 0 N–H and O–H groups in total. The first-order valence-electron chi connectivity index (χ1n) is 7.51. The van der Waals surface area contributed by atoms with Gasteiger partial charge in [0.2, 0.25) is 10.0 Å². The number of carbonyl (C=O) groups is 1. The van der Waals surface area contributed by atoms with Gasteiger partial charge < -0.3 is 14.2 Å². The number of nitro groups is 1. The van der Waals surface area contributed by atoms with Crippen LogP contribution in [-0.2, 0) is 24.3 Å². The molecule has 0 spiro atoms. The third-order valence-corrected chi connectivity index (χ3v) is 5.28. The van der Waals surface area contributed by atoms with E-state index in [2.05, 4.69) is 4.74 Å². The number of sulfonamides is 1. The van der Waals surface area contributed by atoms with Crippen molar-refractivity contribution in [2.45, 2.75) is 11.8 Å². The number of nitro benzene ring substituents is 1. The topological polar surface area (TPSA) is 125 Å². The Morgan fingerprint density at radius 1 is 1.36 bits per heavy atom. The molecule has 0 aromatic heterocycles. The van der Waals surface area contributed by atoms with Gasteiger partial charge in [-0.15, -0.1) is 0 Å². The highest BCUT2D eigenvalue weighted by atomic mass is 32.2. The second kappa shape index (κ2) is 8.23. The number of esters is 1. The first-order valence-corrected chi connectivity index (χ1v) is 8.95. The van der Waals surface area contributed by atoms with Crippen LogP contribution in [0.2, 0.25) is 0 Å². The Bertz CT molecular complexity index is 743. The average Bonchev–Trinajstić information content (AvgIpc) is 2.60. The van der Waals surface area contributed by atoms with Crippen molar-refractivity contribution in [3.05, 3.63) is 28.3 Å². The molecule has 1 aliphatic rings. The van der Waals surface area contributed by atoms with Crippen molar-refractivity contribution in [1.82, 2.24) is 4.31 Å². The molecule has 0 bridgehead atoms. The quantitative estimate of drug-likeness (QED) is 0.385. The molecule has 0 unspecified atom stereocenters. The highest BCUT2D eigenvalue weighted by molar-refractivity contribution is 7.89. The van der Waals surface area contributed by atoms with Crippen molar-refractivity contribution in [3.8, 4) is 5.75 Å². The molecular weight excluding hydrogens is 356 g/mol. The number of carbonyl (C=O) groups excluding carboxylic acids is 1. The van der Waals surface area contributed by atoms with Crippen molar-refractivity contribution in [3.63, 3.8) is 0 Å². The molecule has 0 radical (unpaired) electrons. The Hall–Kier alpha value is -2.24. The van der Waals surface area contributed by atoms with E-state index >= 15 is 0 Å². The molecule has 1 aromatic carbocycles. The molecule has 25 heavy (non-hydrogen) atoms. The summed E-state index contributed by atoms with van der Waals surface area (Å²) in [6.07, 6.45) is 0. The molecule has 0 saturated carbocycles. The molecule has 11 heteroatoms. The first-order chi connectivity index (χ1) is 11.9. The van der Waals surface area contributed by atoms with E-state index in [1.165, 1.54) is 10.4 Å². The van der Waals surface area contributed by atoms with E-state index in [4.69, 9.17) is 9.47 Å². The van der Waals surface area contributed by atoms with Crippen LogP contribution >= 0.6 is 0 Å². The lowest BCUT2D eigenvalue weighted by Gasteiger charge is -2.26. The van der Waals surface area contributed by atoms with E-state index in [-0.39, 0.29) is 43.6 Å². The summed E-state index contributed by atoms with van der Waals surface area (Å²) in [6.45, 7) is 2.15. The molecule has 10 nitrogen and oxygen atoms in total. The van der Waals surface area contributed by atoms with Crippen LogP contribution in [0, 0.1) is 10.1 Å². The van der Waals surface area contributed by atoms with E-state index in [0.717, 1.165) is 12.1 Å². The van der Waals surface area contributed by atoms with Crippen LogP contribution in [0.15, 0.2) is 23.1 Å². The minimum atomic E-state index is -3.87. The minimum Gasteiger partial charge on any atom is -0.475 e. The molecule has 0 aliphatic carbocycles. The zero-order valence-corrected chi connectivity index (χ0v) is 14.4. The van der Waals surface area contributed by atoms with Gasteiger partial charge >= 0.3 is 11.7 Å². The van der Waals surface area contributed by atoms with E-state index in [9.17, 15) is 23.3 Å². The van der Waals surface area contributed by atoms with Gasteiger partial charge in [-0.2, -0.15) is 4.31 Å². The monoisotopic (exact) mass is 374 g/mol. The smallest absolute Gasteiger partial charge is 0.344 e. The summed E-state index contributed by atoms with van der Waals surface area (Å²) in [5.41, 5.74) is -0.543. The maximum absolute atomic E-state index is 12.6. The molecule has 1 saturated heterocycles. The second-order valence-corrected chi connectivity index (χ2v) is 6.93. The zero-order valence-electron chi connectivity index (χ0n) is 13.5. The summed E-state index contributed by atoms with van der Waals surface area (Å²) < 4.78 is 41.2. The fourth-order valence-electron chi connectivity index (χ4n) is 2.20. The van der Waals surface area contributed by atoms with Gasteiger partial charge in [-0.05, 0) is 19.1 Å². The van der Waals surface area contributed by atoms with Gasteiger partial charge in [0.05, 0.1) is 29.6 Å². The van der Waals surface area contributed by atoms with Gasteiger partial charge in [0, 0.05) is 19.2 Å². The minimum absolute atomic E-state index is 0.154. The summed E-state index contributed by atoms with van der Waals surface area (Å²) in [6, 6.07) is 3.29. The van der Waals surface area contributed by atoms with E-state index in [0.29, 0.717) is 0 Å². The molecule has 1 heterocycles. The molecule has 1 fully saturated rings. The predicted molar refractivity (Wildman–Crippen MR) is 84.8 cm³/mol. The summed E-state index contributed by atoms with van der Waals surface area (Å²) in [4.78, 5) is 21.5. The molecule has 1 aromatic rings. The lowest BCUT2D eigenvalue weighted by atomic mass is 10.3. The highest BCUT2D eigenvalue weighted by Gasteiger charge is 2.29. The lowest BCUT2D eigenvalue weighted by molar-refractivity contribution is -0.386. The summed E-state index contributed by atoms with van der Waals surface area (Å²) in [5, 5.41) is 11.2. The largest absolute Gasteiger partial charge is 0.475 e. The van der Waals surface area contributed by atoms with Gasteiger partial charge in [-0.25, -0.2) is 13.2 Å². The Morgan fingerprint density at radius 2 is 2.04 bits per heavy atom. The van der Waals surface area contributed by atoms with Crippen molar-refractivity contribution in [1.29, 1.82) is 0 Å². The van der Waals surface area contributed by atoms with Crippen LogP contribution < -0.4 is 4.74 Å². The molecule has 138 valence electrons. The second-order valence-electron chi connectivity index (χ2n) is 5.00. The highest BCUT2D eigenvalue weighted by Crippen LogP contribution is 2.31. The molecular formula is C14H18N2O8S. The molecule has 2 rings (SSSR count). The Kier molecular flexibility index (Phi) is 6.28. The maximum Gasteiger partial charge on any atom is 0.344 e. The summed E-state index contributed by atoms with van der Waals surface area (Å²) >= 11 is 0. The number of ether oxygens (including phenoxy) is 3. The number of morpholine rings is 1. The average molecular weight is 374 g/mol. The van der Waals surface area contributed by atoms with Crippen LogP contribution in [0.1, 0.15) is 6.92 Å². The molecule has 0 atom stereocenters. The normalized spacial score (nSPS) is 15.6. The Balaban J connectivity index is 2.25. The number of hydrogen-bond donors (Lipinski definition) is 0. The fourth-order valence-corrected chi connectivity index (χ4v) is 3.63. The third-order valence-electron chi connectivity index (χ3n) is 3.39. The lowest BCUT2D eigenvalue weighted by Crippen LogP contribution is -2.40. The van der Waals surface area contributed by atoms with Crippen molar-refractivity contribution >= 4 is 21.7 Å². The maximum atomic E-state index is 12.6. The Morgan fingerprint density at radius 3 is 2.64 bits per heavy atom. The van der Waals surface area contributed by atoms with E-state index in [1.807, 2.05) is 0 Å². The number of hydrogen-bond acceptors (Lipinski definition) is 8. The SMILES string of the molecule is CCOC(=O)COc1ccc(S(=O)(=O)N2CCOCC2)cc1[N+](=O)[O-]. The number of rotatable bonds is 7. The van der Waals surface area contributed by atoms with Crippen molar-refractivity contribution < 1.29 is 32.3 Å². The van der Waals surface area contributed by atoms with E-state index in [1.54, 1.807) is 6.92 Å². The molecule has 1 aliphatic heterocycles. The van der Waals surface area contributed by atoms with Crippen LogP contribution in [-0.4, -0.2) is 63.1 Å². The summed E-state index contributed by atoms with van der Waals surface area (Å²) in [7, 11) is -3.87. The van der Waals surface area contributed by atoms with E-state index < -0.39 is 33.2 Å². The molecule has 0 amide bonds. The third kappa shape index (κ3) is 4.65. The van der Waals surface area contributed by atoms with Gasteiger partial charge in [-0.1, -0.05) is 0 Å². The Labute approximate surface area is 144 Å². The number of nitrogens with zero attached hydrogens (tertiary/aromatic N) is 2. The van der Waals surface area contributed by atoms with Gasteiger partial charge in [0.1, 0.15) is 0 Å². The standard InChI is InChI=1S/C14H18N2O8S/c1-2-23-14(17)10-24-13-4-3-11(9-12(13)16(18)19)25(20,21)15-5-7-22-8-6-15/h3-4,9H,2,5-8,10H2,1H3. The van der Waals surface area contributed by atoms with Crippen LogP contribution in [0.25, 0.3) is 0 Å². The van der Waals surface area contributed by atoms with Crippen LogP contribution in [0.5, 0.6) is 5.75 Å². The van der Waals surface area contributed by atoms with Gasteiger partial charge in [0.15, 0.2) is 12.4 Å². The van der Waals surface area contributed by atoms with Crippen LogP contribution in [0.4, 0.5) is 5.69 Å². The zero-order chi connectivity index (χ0) is 18.4. The van der Waals surface area contributed by atoms with Crippen molar-refractivity contribution in [2.75, 3.05) is 39.5 Å². The fraction of sp³-hybridized carbons (Fsp3) is 0.500. The summed E-state index contributed by atoms with van der Waals surface area (Å²) in [5.74, 6) is -0.888.